The summed E-state index contributed by atoms with van der Waals surface area (Å²) in [7, 11) is -4.31. The molecule has 0 amide bonds. The first-order valence-electron chi connectivity index (χ1n) is 16.3. The summed E-state index contributed by atoms with van der Waals surface area (Å²) in [6.45, 7) is 15.5. The van der Waals surface area contributed by atoms with Crippen molar-refractivity contribution >= 4 is 36.7 Å². The maximum absolute atomic E-state index is 14.6. The first-order valence-corrected chi connectivity index (χ1v) is 17.9. The summed E-state index contributed by atoms with van der Waals surface area (Å²) in [5, 5.41) is 28.3. The highest BCUT2D eigenvalue weighted by Gasteiger charge is 2.54. The minimum Gasteiger partial charge on any atom is -0.473 e. The number of aliphatic hydroxyl groups excluding tert-OH is 1. The van der Waals surface area contributed by atoms with E-state index < -0.39 is 62.3 Å². The fraction of sp³-hybridized carbons (Fsp3) is 0.767. The molecule has 7 atom stereocenters. The highest BCUT2D eigenvalue weighted by molar-refractivity contribution is 7.54. The highest BCUT2D eigenvalue weighted by atomic mass is 31.2. The number of nitrogens with zero attached hydrogens (tertiary/aromatic N) is 4. The summed E-state index contributed by atoms with van der Waals surface area (Å²) in [6.07, 6.45) is -2.48. The number of hydrogen-bond acceptors (Lipinski definition) is 14. The number of anilines is 1. The number of imidazole rings is 1. The molecule has 3 rings (SSSR count). The molecule has 0 spiro atoms. The number of nitrogens with one attached hydrogen (secondary N) is 2. The van der Waals surface area contributed by atoms with Crippen LogP contribution in [0.1, 0.15) is 81.4 Å². The van der Waals surface area contributed by atoms with Crippen molar-refractivity contribution in [2.24, 2.45) is 11.8 Å². The van der Waals surface area contributed by atoms with Gasteiger partial charge in [0.05, 0.1) is 32.3 Å². The van der Waals surface area contributed by atoms with Gasteiger partial charge >= 0.3 is 19.6 Å². The van der Waals surface area contributed by atoms with Gasteiger partial charge in [0.2, 0.25) is 11.8 Å². The van der Waals surface area contributed by atoms with Crippen molar-refractivity contribution in [1.29, 1.82) is 0 Å². The van der Waals surface area contributed by atoms with E-state index in [4.69, 9.17) is 29.2 Å². The number of carbonyl (C=O) groups is 2. The molecule has 1 fully saturated rings. The Morgan fingerprint density at radius 3 is 2.06 bits per heavy atom. The zero-order valence-electron chi connectivity index (χ0n) is 29.2. The van der Waals surface area contributed by atoms with E-state index in [0.717, 1.165) is 0 Å². The fourth-order valence-corrected chi connectivity index (χ4v) is 7.12. The molecule has 0 aromatic carbocycles. The highest BCUT2D eigenvalue weighted by Crippen LogP contribution is 2.45. The molecule has 3 heterocycles. The molecule has 0 bridgehead atoms. The van der Waals surface area contributed by atoms with Crippen molar-refractivity contribution in [3.05, 3.63) is 6.33 Å². The van der Waals surface area contributed by atoms with Crippen LogP contribution in [0.4, 0.5) is 5.95 Å². The van der Waals surface area contributed by atoms with Crippen molar-refractivity contribution in [2.45, 2.75) is 117 Å². The molecular formula is C30H52N7O10P. The Morgan fingerprint density at radius 2 is 1.58 bits per heavy atom. The Hall–Kier alpha value is -2.92. The zero-order chi connectivity index (χ0) is 36.0. The molecule has 0 radical (unpaired) electrons. The lowest BCUT2D eigenvalue weighted by Crippen LogP contribution is -2.47. The second-order valence-corrected chi connectivity index (χ2v) is 14.9. The Morgan fingerprint density at radius 1 is 1.04 bits per heavy atom. The van der Waals surface area contributed by atoms with Gasteiger partial charge in [-0.2, -0.15) is 9.97 Å². The average molecular weight is 702 g/mol. The normalized spacial score (nSPS) is 23.8. The Kier molecular flexibility index (Phi) is 13.7. The standard InChI is InChI=1S/C30H52N7O10P/c1-10-43-26(39)19(12-16(3)4)35-48(42,36-20(13-17(5)6)27(40)44-11-2)45-14-21-23(38)30(9,41)28(47-21)37-15-32-22-24(37)33-29(31)34-25(22)46-18(7)8/h15-21,23,28,38,41H,10-14H2,1-9H3,(H2,31,33,34)(H2,35,36,42)/t19-,20+,21-,23?,28?,30+,48?/m1/s1. The van der Waals surface area contributed by atoms with E-state index in [-0.39, 0.29) is 67.0 Å². The predicted molar refractivity (Wildman–Crippen MR) is 176 cm³/mol. The Labute approximate surface area is 281 Å². The molecule has 3 unspecified atom stereocenters. The van der Waals surface area contributed by atoms with Crippen LogP contribution in [-0.4, -0.2) is 97.5 Å². The fourth-order valence-electron chi connectivity index (χ4n) is 5.29. The molecular weight excluding hydrogens is 649 g/mol. The number of nitrogen functional groups attached to an aromatic ring is 1. The number of nitrogens with two attached hydrogens (primary N) is 1. The molecule has 0 aliphatic carbocycles. The summed E-state index contributed by atoms with van der Waals surface area (Å²) in [6, 6.07) is -2.14. The molecule has 17 nitrogen and oxygen atoms in total. The summed E-state index contributed by atoms with van der Waals surface area (Å²) >= 11 is 0. The van der Waals surface area contributed by atoms with Gasteiger partial charge in [0.25, 0.3) is 0 Å². The molecule has 1 saturated heterocycles. The lowest BCUT2D eigenvalue weighted by Gasteiger charge is -2.30. The van der Waals surface area contributed by atoms with Crippen LogP contribution in [-0.2, 0) is 32.9 Å². The quantitative estimate of drug-likeness (QED) is 0.111. The van der Waals surface area contributed by atoms with E-state index in [2.05, 4.69) is 25.1 Å². The van der Waals surface area contributed by atoms with Crippen LogP contribution in [0, 0.1) is 11.8 Å². The van der Waals surface area contributed by atoms with Crippen LogP contribution >= 0.6 is 7.67 Å². The van der Waals surface area contributed by atoms with Crippen molar-refractivity contribution in [2.75, 3.05) is 25.6 Å². The van der Waals surface area contributed by atoms with Crippen molar-refractivity contribution < 1.29 is 47.8 Å². The molecule has 6 N–H and O–H groups in total. The molecule has 272 valence electrons. The van der Waals surface area contributed by atoms with Gasteiger partial charge < -0.3 is 39.4 Å². The van der Waals surface area contributed by atoms with Gasteiger partial charge in [-0.25, -0.2) is 15.2 Å². The molecule has 48 heavy (non-hydrogen) atoms. The van der Waals surface area contributed by atoms with Crippen LogP contribution < -0.4 is 20.6 Å². The molecule has 2 aromatic heterocycles. The number of rotatable bonds is 18. The van der Waals surface area contributed by atoms with Crippen LogP contribution in [0.15, 0.2) is 6.33 Å². The average Bonchev–Trinajstić information content (AvgIpc) is 3.48. The lowest BCUT2D eigenvalue weighted by molar-refractivity contribution is -0.146. The van der Waals surface area contributed by atoms with Crippen LogP contribution in [0.2, 0.25) is 0 Å². The maximum atomic E-state index is 14.6. The number of esters is 2. The second-order valence-electron chi connectivity index (χ2n) is 13.0. The van der Waals surface area contributed by atoms with E-state index in [9.17, 15) is 24.4 Å². The summed E-state index contributed by atoms with van der Waals surface area (Å²) in [5.74, 6) is -1.29. The summed E-state index contributed by atoms with van der Waals surface area (Å²) < 4.78 is 44.2. The van der Waals surface area contributed by atoms with Crippen molar-refractivity contribution in [3.8, 4) is 5.88 Å². The zero-order valence-corrected chi connectivity index (χ0v) is 30.1. The third kappa shape index (κ3) is 9.83. The third-order valence-corrected chi connectivity index (χ3v) is 9.21. The van der Waals surface area contributed by atoms with Crippen LogP contribution in [0.3, 0.4) is 0 Å². The lowest BCUT2D eigenvalue weighted by atomic mass is 9.96. The predicted octanol–water partition coefficient (Wildman–Crippen LogP) is 2.46. The summed E-state index contributed by atoms with van der Waals surface area (Å²) in [4.78, 5) is 38.6. The minimum atomic E-state index is -4.31. The smallest absolute Gasteiger partial charge is 0.342 e. The van der Waals surface area contributed by atoms with E-state index >= 15 is 0 Å². The molecule has 0 saturated carbocycles. The monoisotopic (exact) mass is 701 g/mol. The topological polar surface area (TPSA) is 232 Å². The van der Waals surface area contributed by atoms with Gasteiger partial charge in [0.15, 0.2) is 17.4 Å². The molecule has 1 aliphatic rings. The molecule has 1 aliphatic heterocycles. The number of aromatic nitrogens is 4. The van der Waals surface area contributed by atoms with E-state index in [0.29, 0.717) is 0 Å². The summed E-state index contributed by atoms with van der Waals surface area (Å²) in [5.41, 5.74) is 4.45. The number of aliphatic hydroxyl groups is 2. The van der Waals surface area contributed by atoms with Gasteiger partial charge in [0.1, 0.15) is 29.9 Å². The van der Waals surface area contributed by atoms with Gasteiger partial charge in [-0.1, -0.05) is 27.7 Å². The SMILES string of the molecule is CCOC(=O)[C@H](CC(C)C)NP(=O)(N[C@H](CC(C)C)C(=O)OCC)OC[C@H]1OC(n2cnc3c(OC(C)C)nc(N)nc32)[C@@](C)(O)C1O. The molecule has 2 aromatic rings. The number of carbonyl (C=O) groups excluding carboxylic acids is 2. The van der Waals surface area contributed by atoms with Crippen molar-refractivity contribution in [1.82, 2.24) is 29.7 Å². The van der Waals surface area contributed by atoms with Crippen LogP contribution in [0.5, 0.6) is 5.88 Å². The third-order valence-electron chi connectivity index (χ3n) is 7.39. The van der Waals surface area contributed by atoms with E-state index in [1.165, 1.54) is 17.8 Å². The van der Waals surface area contributed by atoms with E-state index in [1.54, 1.807) is 13.8 Å². The van der Waals surface area contributed by atoms with Gasteiger partial charge in [0, 0.05) is 0 Å². The Bertz CT molecular complexity index is 1400. The van der Waals surface area contributed by atoms with Gasteiger partial charge in [-0.05, 0) is 59.3 Å². The number of ether oxygens (including phenoxy) is 4. The van der Waals surface area contributed by atoms with E-state index in [1.807, 2.05) is 41.5 Å². The first-order chi connectivity index (χ1) is 22.4. The van der Waals surface area contributed by atoms with Gasteiger partial charge in [-0.3, -0.25) is 18.7 Å². The largest absolute Gasteiger partial charge is 0.473 e. The number of fused-ring (bicyclic) bond motifs is 1. The van der Waals surface area contributed by atoms with Crippen molar-refractivity contribution in [3.63, 3.8) is 0 Å². The number of hydrogen-bond donors (Lipinski definition) is 5. The molecule has 18 heteroatoms. The first kappa shape index (κ1) is 39.5. The second kappa shape index (κ2) is 16.7. The maximum Gasteiger partial charge on any atom is 0.342 e. The van der Waals surface area contributed by atoms with Gasteiger partial charge in [-0.15, -0.1) is 0 Å². The minimum absolute atomic E-state index is 0.0120. The van der Waals surface area contributed by atoms with Crippen LogP contribution in [0.25, 0.3) is 11.2 Å². The Balaban J connectivity index is 1.95.